The molecule has 9 unspecified atom stereocenters. The summed E-state index contributed by atoms with van der Waals surface area (Å²) in [7, 11) is 0. The SMILES string of the molecule is C=C(CCC1CC(C)CCC1CCC)C1CC(C)C(CC2CCCC(C)C2)C(C(C)C)C1. The lowest BCUT2D eigenvalue weighted by Gasteiger charge is -2.45. The molecule has 0 amide bonds. The van der Waals surface area contributed by atoms with E-state index in [1.807, 2.05) is 0 Å². The Hall–Kier alpha value is -0.260. The zero-order valence-electron chi connectivity index (χ0n) is 22.9. The number of allylic oxidation sites excluding steroid dienone is 1. The first-order valence-corrected chi connectivity index (χ1v) is 15.0. The molecule has 0 bridgehead atoms. The molecule has 3 aliphatic rings. The van der Waals surface area contributed by atoms with Crippen molar-refractivity contribution in [1.82, 2.24) is 0 Å². The van der Waals surface area contributed by atoms with Gasteiger partial charge in [-0.2, -0.15) is 0 Å². The Morgan fingerprint density at radius 1 is 0.844 bits per heavy atom. The molecule has 0 saturated heterocycles. The van der Waals surface area contributed by atoms with E-state index in [4.69, 9.17) is 6.58 Å². The van der Waals surface area contributed by atoms with Crippen LogP contribution in [0.25, 0.3) is 0 Å². The highest BCUT2D eigenvalue weighted by Gasteiger charge is 2.39. The van der Waals surface area contributed by atoms with Crippen LogP contribution in [0, 0.1) is 59.2 Å². The second-order valence-electron chi connectivity index (χ2n) is 13.5. The minimum atomic E-state index is 0.796. The Morgan fingerprint density at radius 2 is 1.59 bits per heavy atom. The van der Waals surface area contributed by atoms with Crippen LogP contribution in [-0.4, -0.2) is 0 Å². The van der Waals surface area contributed by atoms with Gasteiger partial charge in [-0.15, -0.1) is 0 Å². The molecular weight excluding hydrogens is 384 g/mol. The van der Waals surface area contributed by atoms with E-state index in [-0.39, 0.29) is 0 Å². The van der Waals surface area contributed by atoms with Crippen molar-refractivity contribution >= 4 is 0 Å². The predicted octanol–water partition coefficient (Wildman–Crippen LogP) is 10.3. The molecule has 0 N–H and O–H groups in total. The van der Waals surface area contributed by atoms with Gasteiger partial charge < -0.3 is 0 Å². The second kappa shape index (κ2) is 12.4. The molecule has 186 valence electrons. The molecule has 0 nitrogen and oxygen atoms in total. The Bertz CT molecular complexity index is 558. The van der Waals surface area contributed by atoms with E-state index in [1.165, 1.54) is 89.9 Å². The highest BCUT2D eigenvalue weighted by atomic mass is 14.4. The number of rotatable bonds is 9. The first kappa shape index (κ1) is 26.3. The molecular formula is C32H58. The summed E-state index contributed by atoms with van der Waals surface area (Å²) in [5, 5.41) is 0. The molecule has 9 atom stereocenters. The van der Waals surface area contributed by atoms with E-state index in [1.54, 1.807) is 5.57 Å². The van der Waals surface area contributed by atoms with Crippen LogP contribution in [-0.2, 0) is 0 Å². The molecule has 0 heteroatoms. The van der Waals surface area contributed by atoms with Gasteiger partial charge in [0.25, 0.3) is 0 Å². The van der Waals surface area contributed by atoms with Gasteiger partial charge in [0, 0.05) is 0 Å². The Kier molecular flexibility index (Phi) is 10.2. The third kappa shape index (κ3) is 7.12. The fourth-order valence-corrected chi connectivity index (χ4v) is 8.55. The molecule has 0 spiro atoms. The minimum Gasteiger partial charge on any atom is -0.0996 e. The zero-order valence-corrected chi connectivity index (χ0v) is 22.9. The van der Waals surface area contributed by atoms with Crippen molar-refractivity contribution in [2.75, 3.05) is 0 Å². The van der Waals surface area contributed by atoms with Crippen molar-refractivity contribution in [2.45, 2.75) is 131 Å². The van der Waals surface area contributed by atoms with Gasteiger partial charge in [0.2, 0.25) is 0 Å². The maximum atomic E-state index is 4.73. The zero-order chi connectivity index (χ0) is 23.3. The normalized spacial score (nSPS) is 41.0. The maximum absolute atomic E-state index is 4.73. The van der Waals surface area contributed by atoms with Crippen molar-refractivity contribution in [2.24, 2.45) is 59.2 Å². The molecule has 3 aliphatic carbocycles. The topological polar surface area (TPSA) is 0 Å². The summed E-state index contributed by atoms with van der Waals surface area (Å²) in [4.78, 5) is 0. The quantitative estimate of drug-likeness (QED) is 0.311. The average Bonchev–Trinajstić information content (AvgIpc) is 2.74. The summed E-state index contributed by atoms with van der Waals surface area (Å²) in [5.74, 6) is 9.29. The molecule has 0 aromatic rings. The van der Waals surface area contributed by atoms with E-state index < -0.39 is 0 Å². The van der Waals surface area contributed by atoms with Crippen molar-refractivity contribution in [3.05, 3.63) is 12.2 Å². The molecule has 3 saturated carbocycles. The van der Waals surface area contributed by atoms with Crippen LogP contribution < -0.4 is 0 Å². The van der Waals surface area contributed by atoms with E-state index in [9.17, 15) is 0 Å². The van der Waals surface area contributed by atoms with Crippen molar-refractivity contribution in [1.29, 1.82) is 0 Å². The van der Waals surface area contributed by atoms with Crippen LogP contribution in [0.5, 0.6) is 0 Å². The summed E-state index contributed by atoms with van der Waals surface area (Å²) in [6.07, 6.45) is 20.4. The number of hydrogen-bond acceptors (Lipinski definition) is 0. The fraction of sp³-hybridized carbons (Fsp3) is 0.938. The van der Waals surface area contributed by atoms with Gasteiger partial charge >= 0.3 is 0 Å². The summed E-state index contributed by atoms with van der Waals surface area (Å²) in [6, 6.07) is 0. The summed E-state index contributed by atoms with van der Waals surface area (Å²) in [5.41, 5.74) is 1.63. The third-order valence-corrected chi connectivity index (χ3v) is 10.5. The molecule has 3 fully saturated rings. The highest BCUT2D eigenvalue weighted by Crippen LogP contribution is 2.49. The van der Waals surface area contributed by atoms with E-state index in [0.29, 0.717) is 0 Å². The van der Waals surface area contributed by atoms with Crippen LogP contribution >= 0.6 is 0 Å². The lowest BCUT2D eigenvalue weighted by Crippen LogP contribution is -2.36. The lowest BCUT2D eigenvalue weighted by molar-refractivity contribution is 0.0625. The summed E-state index contributed by atoms with van der Waals surface area (Å²) >= 11 is 0. The second-order valence-corrected chi connectivity index (χ2v) is 13.5. The molecule has 0 aliphatic heterocycles. The Balaban J connectivity index is 1.56. The molecule has 0 heterocycles. The van der Waals surface area contributed by atoms with E-state index in [2.05, 4.69) is 41.5 Å². The molecule has 0 aromatic carbocycles. The molecule has 32 heavy (non-hydrogen) atoms. The third-order valence-electron chi connectivity index (χ3n) is 10.5. The average molecular weight is 443 g/mol. The van der Waals surface area contributed by atoms with Gasteiger partial charge in [0.15, 0.2) is 0 Å². The van der Waals surface area contributed by atoms with Crippen LogP contribution in [0.2, 0.25) is 0 Å². The van der Waals surface area contributed by atoms with Gasteiger partial charge in [-0.1, -0.05) is 92.2 Å². The standard InChI is InChI=1S/C32H58/c1-8-10-28-15-13-24(5)18-29(28)16-14-25(6)30-19-26(7)32(31(21-30)22(2)3)20-27-12-9-11-23(4)17-27/h22-24,26-32H,6,8-21H2,1-5,7H3. The monoisotopic (exact) mass is 442 g/mol. The molecule has 0 aromatic heterocycles. The fourth-order valence-electron chi connectivity index (χ4n) is 8.55. The van der Waals surface area contributed by atoms with Gasteiger partial charge in [-0.3, -0.25) is 0 Å². The predicted molar refractivity (Wildman–Crippen MR) is 143 cm³/mol. The van der Waals surface area contributed by atoms with Crippen LogP contribution in [0.3, 0.4) is 0 Å². The van der Waals surface area contributed by atoms with Crippen molar-refractivity contribution < 1.29 is 0 Å². The minimum absolute atomic E-state index is 0.796. The lowest BCUT2D eigenvalue weighted by atomic mass is 9.60. The largest absolute Gasteiger partial charge is 0.0996 e. The van der Waals surface area contributed by atoms with Crippen LogP contribution in [0.15, 0.2) is 12.2 Å². The van der Waals surface area contributed by atoms with Gasteiger partial charge in [-0.05, 0) is 111 Å². The Labute approximate surface area is 202 Å². The number of hydrogen-bond donors (Lipinski definition) is 0. The van der Waals surface area contributed by atoms with Crippen LogP contribution in [0.1, 0.15) is 131 Å². The molecule has 3 rings (SSSR count). The Morgan fingerprint density at radius 3 is 2.28 bits per heavy atom. The van der Waals surface area contributed by atoms with Gasteiger partial charge in [-0.25, -0.2) is 0 Å². The van der Waals surface area contributed by atoms with Crippen molar-refractivity contribution in [3.63, 3.8) is 0 Å². The first-order chi connectivity index (χ1) is 15.3. The van der Waals surface area contributed by atoms with E-state index in [0.717, 1.165) is 59.2 Å². The van der Waals surface area contributed by atoms with Crippen molar-refractivity contribution in [3.8, 4) is 0 Å². The smallest absolute Gasteiger partial charge is 0.0200 e. The van der Waals surface area contributed by atoms with Crippen LogP contribution in [0.4, 0.5) is 0 Å². The molecule has 0 radical (unpaired) electrons. The van der Waals surface area contributed by atoms with Gasteiger partial charge in [0.05, 0.1) is 0 Å². The first-order valence-electron chi connectivity index (χ1n) is 15.0. The van der Waals surface area contributed by atoms with Gasteiger partial charge in [0.1, 0.15) is 0 Å². The highest BCUT2D eigenvalue weighted by molar-refractivity contribution is 5.05. The summed E-state index contributed by atoms with van der Waals surface area (Å²) in [6.45, 7) is 19.7. The summed E-state index contributed by atoms with van der Waals surface area (Å²) < 4.78 is 0. The van der Waals surface area contributed by atoms with E-state index >= 15 is 0 Å². The maximum Gasteiger partial charge on any atom is -0.0200 e.